The first kappa shape index (κ1) is 9.39. The van der Waals surface area contributed by atoms with Crippen LogP contribution in [0.2, 0.25) is 0 Å². The molecule has 5 heteroatoms. The van der Waals surface area contributed by atoms with E-state index in [-0.39, 0.29) is 5.56 Å². The zero-order chi connectivity index (χ0) is 11.0. The third kappa shape index (κ3) is 1.38. The van der Waals surface area contributed by atoms with Gasteiger partial charge in [0.15, 0.2) is 6.29 Å². The van der Waals surface area contributed by atoms with E-state index in [1.807, 2.05) is 6.92 Å². The Morgan fingerprint density at radius 2 is 2.33 bits per heavy atom. The fourth-order valence-electron chi connectivity index (χ4n) is 1.47. The predicted octanol–water partition coefficient (Wildman–Crippen LogP) is 0.554. The maximum Gasteiger partial charge on any atom is 0.252 e. The van der Waals surface area contributed by atoms with E-state index in [2.05, 4.69) is 4.98 Å². The standard InChI is InChI=1S/C10H9N3O2/c1-6-3-12-10-8(9(11)15)2-7(5-14)4-13(6)10/h2-5H,1H3,(H2,11,15). The maximum atomic E-state index is 11.1. The van der Waals surface area contributed by atoms with Crippen molar-refractivity contribution in [3.8, 4) is 0 Å². The fourth-order valence-corrected chi connectivity index (χ4v) is 1.47. The highest BCUT2D eigenvalue weighted by Gasteiger charge is 2.11. The third-order valence-electron chi connectivity index (χ3n) is 2.21. The Balaban J connectivity index is 2.88. The van der Waals surface area contributed by atoms with Gasteiger partial charge in [-0.2, -0.15) is 0 Å². The largest absolute Gasteiger partial charge is 0.365 e. The zero-order valence-corrected chi connectivity index (χ0v) is 8.10. The molecule has 0 bridgehead atoms. The summed E-state index contributed by atoms with van der Waals surface area (Å²) in [6.45, 7) is 1.83. The molecule has 5 nitrogen and oxygen atoms in total. The quantitative estimate of drug-likeness (QED) is 0.724. The van der Waals surface area contributed by atoms with Crippen LogP contribution in [0.25, 0.3) is 5.65 Å². The normalized spacial score (nSPS) is 10.5. The van der Waals surface area contributed by atoms with Crippen LogP contribution in [0.3, 0.4) is 0 Å². The number of nitrogens with two attached hydrogens (primary N) is 1. The first-order valence-corrected chi connectivity index (χ1v) is 4.36. The van der Waals surface area contributed by atoms with E-state index in [0.29, 0.717) is 17.5 Å². The van der Waals surface area contributed by atoms with Crippen molar-refractivity contribution in [2.24, 2.45) is 5.73 Å². The van der Waals surface area contributed by atoms with Gasteiger partial charge in [0, 0.05) is 23.7 Å². The molecule has 0 unspecified atom stereocenters. The Bertz CT molecular complexity index is 557. The molecular formula is C10H9N3O2. The second-order valence-corrected chi connectivity index (χ2v) is 3.26. The molecule has 0 fully saturated rings. The Morgan fingerprint density at radius 1 is 1.60 bits per heavy atom. The van der Waals surface area contributed by atoms with Crippen molar-refractivity contribution in [1.82, 2.24) is 9.38 Å². The Labute approximate surface area is 85.5 Å². The summed E-state index contributed by atoms with van der Waals surface area (Å²) in [6, 6.07) is 1.44. The first-order chi connectivity index (χ1) is 7.13. The second-order valence-electron chi connectivity index (χ2n) is 3.26. The minimum absolute atomic E-state index is 0.257. The van der Waals surface area contributed by atoms with Gasteiger partial charge in [-0.05, 0) is 13.0 Å². The molecule has 2 aromatic heterocycles. The van der Waals surface area contributed by atoms with Crippen LogP contribution in [0.5, 0.6) is 0 Å². The van der Waals surface area contributed by atoms with E-state index < -0.39 is 5.91 Å². The molecule has 0 aliphatic rings. The van der Waals surface area contributed by atoms with E-state index in [9.17, 15) is 9.59 Å². The lowest BCUT2D eigenvalue weighted by molar-refractivity contribution is 0.100. The van der Waals surface area contributed by atoms with E-state index in [0.717, 1.165) is 5.69 Å². The van der Waals surface area contributed by atoms with Crippen molar-refractivity contribution in [1.29, 1.82) is 0 Å². The Morgan fingerprint density at radius 3 is 2.93 bits per heavy atom. The molecule has 0 aliphatic heterocycles. The maximum absolute atomic E-state index is 11.1. The molecule has 0 saturated carbocycles. The molecule has 0 saturated heterocycles. The van der Waals surface area contributed by atoms with Gasteiger partial charge in [-0.25, -0.2) is 4.98 Å². The minimum atomic E-state index is -0.589. The average Bonchev–Trinajstić information content (AvgIpc) is 2.59. The van der Waals surface area contributed by atoms with Crippen LogP contribution in [0.1, 0.15) is 26.4 Å². The molecule has 2 N–H and O–H groups in total. The van der Waals surface area contributed by atoms with E-state index >= 15 is 0 Å². The lowest BCUT2D eigenvalue weighted by Gasteiger charge is -2.02. The van der Waals surface area contributed by atoms with Gasteiger partial charge >= 0.3 is 0 Å². The van der Waals surface area contributed by atoms with Crippen LogP contribution < -0.4 is 5.73 Å². The number of nitrogens with zero attached hydrogens (tertiary/aromatic N) is 2. The van der Waals surface area contributed by atoms with Crippen molar-refractivity contribution in [3.63, 3.8) is 0 Å². The number of aldehydes is 1. The Hall–Kier alpha value is -2.17. The molecular weight excluding hydrogens is 194 g/mol. The fraction of sp³-hybridized carbons (Fsp3) is 0.100. The van der Waals surface area contributed by atoms with E-state index in [1.54, 1.807) is 16.8 Å². The highest BCUT2D eigenvalue weighted by atomic mass is 16.1. The molecule has 0 radical (unpaired) electrons. The van der Waals surface area contributed by atoms with Gasteiger partial charge in [0.2, 0.25) is 0 Å². The summed E-state index contributed by atoms with van der Waals surface area (Å²) >= 11 is 0. The summed E-state index contributed by atoms with van der Waals surface area (Å²) in [7, 11) is 0. The van der Waals surface area contributed by atoms with Crippen molar-refractivity contribution in [3.05, 3.63) is 35.3 Å². The lowest BCUT2D eigenvalue weighted by atomic mass is 10.2. The SMILES string of the molecule is Cc1cnc2c(C(N)=O)cc(C=O)cn12. The van der Waals surface area contributed by atoms with Crippen molar-refractivity contribution in [2.75, 3.05) is 0 Å². The number of hydrogen-bond acceptors (Lipinski definition) is 3. The number of amides is 1. The van der Waals surface area contributed by atoms with Crippen LogP contribution in [-0.4, -0.2) is 21.6 Å². The summed E-state index contributed by atoms with van der Waals surface area (Å²) in [5.41, 5.74) is 7.18. The van der Waals surface area contributed by atoms with E-state index in [1.165, 1.54) is 6.07 Å². The topological polar surface area (TPSA) is 77.5 Å². The number of aryl methyl sites for hydroxylation is 1. The number of hydrogen-bond donors (Lipinski definition) is 1. The van der Waals surface area contributed by atoms with Crippen LogP contribution in [0, 0.1) is 6.92 Å². The molecule has 15 heavy (non-hydrogen) atoms. The number of carbonyl (C=O) groups excluding carboxylic acids is 2. The number of fused-ring (bicyclic) bond motifs is 1. The van der Waals surface area contributed by atoms with E-state index in [4.69, 9.17) is 5.73 Å². The monoisotopic (exact) mass is 203 g/mol. The number of primary amides is 1. The number of carbonyl (C=O) groups is 2. The van der Waals surface area contributed by atoms with Gasteiger partial charge in [-0.1, -0.05) is 0 Å². The summed E-state index contributed by atoms with van der Waals surface area (Å²) in [4.78, 5) is 25.9. The summed E-state index contributed by atoms with van der Waals surface area (Å²) in [6.07, 6.45) is 3.92. The zero-order valence-electron chi connectivity index (χ0n) is 8.10. The number of pyridine rings is 1. The van der Waals surface area contributed by atoms with Gasteiger partial charge in [-0.3, -0.25) is 9.59 Å². The predicted molar refractivity (Wildman–Crippen MR) is 53.8 cm³/mol. The molecule has 1 amide bonds. The molecule has 76 valence electrons. The van der Waals surface area contributed by atoms with Crippen molar-refractivity contribution < 1.29 is 9.59 Å². The first-order valence-electron chi connectivity index (χ1n) is 4.36. The molecule has 2 heterocycles. The molecule has 2 aromatic rings. The van der Waals surface area contributed by atoms with Gasteiger partial charge in [0.05, 0.1) is 5.56 Å². The summed E-state index contributed by atoms with van der Waals surface area (Å²) < 4.78 is 1.67. The number of imidazole rings is 1. The Kier molecular flexibility index (Phi) is 2.00. The minimum Gasteiger partial charge on any atom is -0.365 e. The van der Waals surface area contributed by atoms with Crippen LogP contribution in [0.4, 0.5) is 0 Å². The average molecular weight is 203 g/mol. The van der Waals surface area contributed by atoms with Gasteiger partial charge < -0.3 is 10.1 Å². The van der Waals surface area contributed by atoms with Gasteiger partial charge in [0.1, 0.15) is 5.65 Å². The number of aromatic nitrogens is 2. The third-order valence-corrected chi connectivity index (χ3v) is 2.21. The van der Waals surface area contributed by atoms with Crippen LogP contribution in [-0.2, 0) is 0 Å². The van der Waals surface area contributed by atoms with Crippen molar-refractivity contribution in [2.45, 2.75) is 6.92 Å². The van der Waals surface area contributed by atoms with Crippen molar-refractivity contribution >= 4 is 17.8 Å². The van der Waals surface area contributed by atoms with Crippen LogP contribution >= 0.6 is 0 Å². The smallest absolute Gasteiger partial charge is 0.252 e. The molecule has 0 atom stereocenters. The molecule has 2 rings (SSSR count). The molecule has 0 aromatic carbocycles. The molecule has 0 spiro atoms. The molecule has 0 aliphatic carbocycles. The number of rotatable bonds is 2. The summed E-state index contributed by atoms with van der Waals surface area (Å²) in [5, 5.41) is 0. The lowest BCUT2D eigenvalue weighted by Crippen LogP contribution is -2.13. The van der Waals surface area contributed by atoms with Gasteiger partial charge in [-0.15, -0.1) is 0 Å². The highest BCUT2D eigenvalue weighted by Crippen LogP contribution is 2.13. The second kappa shape index (κ2) is 3.20. The van der Waals surface area contributed by atoms with Crippen LogP contribution in [0.15, 0.2) is 18.5 Å². The highest BCUT2D eigenvalue weighted by molar-refractivity contribution is 6.00. The van der Waals surface area contributed by atoms with Gasteiger partial charge in [0.25, 0.3) is 5.91 Å². The summed E-state index contributed by atoms with van der Waals surface area (Å²) in [5.74, 6) is -0.589.